The van der Waals surface area contributed by atoms with Crippen LogP contribution < -0.4 is 5.43 Å². The Kier molecular flexibility index (Phi) is 3.62. The van der Waals surface area contributed by atoms with E-state index >= 15 is 0 Å². The highest BCUT2D eigenvalue weighted by Gasteiger charge is 2.15. The van der Waals surface area contributed by atoms with Gasteiger partial charge in [0, 0.05) is 13.1 Å². The van der Waals surface area contributed by atoms with Crippen molar-refractivity contribution in [2.45, 2.75) is 19.8 Å². The molecular formula is C7H14N2S2. The summed E-state index contributed by atoms with van der Waals surface area (Å²) in [6.45, 7) is 4.43. The Bertz CT molecular complexity index is 149. The molecule has 1 heterocycles. The fourth-order valence-corrected chi connectivity index (χ4v) is 1.70. The van der Waals surface area contributed by atoms with E-state index in [1.807, 2.05) is 0 Å². The zero-order valence-electron chi connectivity index (χ0n) is 6.71. The first kappa shape index (κ1) is 9.29. The smallest absolute Gasteiger partial charge is 0.145 e. The third-order valence-corrected chi connectivity index (χ3v) is 2.10. The van der Waals surface area contributed by atoms with Crippen LogP contribution in [0.3, 0.4) is 0 Å². The SMILES string of the molecule is CC1CCCN(NC(=S)S)C1. The number of thiol groups is 1. The van der Waals surface area contributed by atoms with E-state index in [0.717, 1.165) is 19.0 Å². The molecule has 1 aliphatic rings. The summed E-state index contributed by atoms with van der Waals surface area (Å²) < 4.78 is 0.569. The third kappa shape index (κ3) is 3.40. The van der Waals surface area contributed by atoms with Crippen LogP contribution in [0.5, 0.6) is 0 Å². The zero-order valence-corrected chi connectivity index (χ0v) is 8.42. The number of thiocarbonyl (C=S) groups is 1. The highest BCUT2D eigenvalue weighted by molar-refractivity contribution is 8.11. The van der Waals surface area contributed by atoms with E-state index in [0.29, 0.717) is 4.32 Å². The Hall–Kier alpha value is 0.200. The van der Waals surface area contributed by atoms with E-state index in [4.69, 9.17) is 12.2 Å². The van der Waals surface area contributed by atoms with Crippen LogP contribution in [0.25, 0.3) is 0 Å². The summed E-state index contributed by atoms with van der Waals surface area (Å²) in [7, 11) is 0. The van der Waals surface area contributed by atoms with Gasteiger partial charge in [-0.1, -0.05) is 19.1 Å². The van der Waals surface area contributed by atoms with Crippen molar-refractivity contribution in [1.82, 2.24) is 10.4 Å². The number of hydrazine groups is 1. The normalized spacial score (nSPS) is 26.5. The van der Waals surface area contributed by atoms with Crippen LogP contribution in [0, 0.1) is 5.92 Å². The monoisotopic (exact) mass is 190 g/mol. The third-order valence-electron chi connectivity index (χ3n) is 1.91. The van der Waals surface area contributed by atoms with Crippen molar-refractivity contribution in [2.75, 3.05) is 13.1 Å². The fraction of sp³-hybridized carbons (Fsp3) is 0.857. The fourth-order valence-electron chi connectivity index (χ4n) is 1.43. The second kappa shape index (κ2) is 4.28. The topological polar surface area (TPSA) is 15.3 Å². The lowest BCUT2D eigenvalue weighted by Crippen LogP contribution is -2.45. The van der Waals surface area contributed by atoms with Gasteiger partial charge < -0.3 is 5.43 Å². The molecule has 1 N–H and O–H groups in total. The van der Waals surface area contributed by atoms with E-state index < -0.39 is 0 Å². The Morgan fingerprint density at radius 1 is 1.73 bits per heavy atom. The van der Waals surface area contributed by atoms with Crippen LogP contribution in [-0.4, -0.2) is 22.4 Å². The Labute approximate surface area is 78.7 Å². The number of piperidine rings is 1. The van der Waals surface area contributed by atoms with Crippen molar-refractivity contribution in [1.29, 1.82) is 0 Å². The summed E-state index contributed by atoms with van der Waals surface area (Å²) in [6, 6.07) is 0. The molecule has 0 aromatic carbocycles. The molecule has 1 rings (SSSR count). The summed E-state index contributed by atoms with van der Waals surface area (Å²) in [5.74, 6) is 0.777. The molecule has 0 aliphatic carbocycles. The maximum absolute atomic E-state index is 4.83. The van der Waals surface area contributed by atoms with Crippen LogP contribution in [0.4, 0.5) is 0 Å². The molecule has 2 nitrogen and oxygen atoms in total. The lowest BCUT2D eigenvalue weighted by atomic mass is 10.0. The highest BCUT2D eigenvalue weighted by atomic mass is 32.1. The molecule has 1 saturated heterocycles. The first-order chi connectivity index (χ1) is 5.18. The van der Waals surface area contributed by atoms with Crippen molar-refractivity contribution < 1.29 is 0 Å². The molecule has 4 heteroatoms. The summed E-state index contributed by atoms with van der Waals surface area (Å²) in [5.41, 5.74) is 3.04. The molecule has 1 fully saturated rings. The van der Waals surface area contributed by atoms with E-state index in [-0.39, 0.29) is 0 Å². The summed E-state index contributed by atoms with van der Waals surface area (Å²) in [4.78, 5) is 0. The number of hydrogen-bond donors (Lipinski definition) is 2. The lowest BCUT2D eigenvalue weighted by Gasteiger charge is -2.30. The van der Waals surface area contributed by atoms with Crippen LogP contribution in [0.1, 0.15) is 19.8 Å². The molecule has 11 heavy (non-hydrogen) atoms. The maximum Gasteiger partial charge on any atom is 0.145 e. The molecule has 0 radical (unpaired) electrons. The minimum Gasteiger partial charge on any atom is -0.304 e. The first-order valence-electron chi connectivity index (χ1n) is 3.93. The summed E-state index contributed by atoms with van der Waals surface area (Å²) in [6.07, 6.45) is 2.59. The van der Waals surface area contributed by atoms with Crippen molar-refractivity contribution in [3.8, 4) is 0 Å². The molecule has 1 unspecified atom stereocenters. The van der Waals surface area contributed by atoms with Gasteiger partial charge in [-0.15, -0.1) is 12.6 Å². The first-order valence-corrected chi connectivity index (χ1v) is 4.78. The molecule has 64 valence electrons. The molecule has 0 aromatic heterocycles. The van der Waals surface area contributed by atoms with Gasteiger partial charge in [-0.2, -0.15) is 0 Å². The second-order valence-corrected chi connectivity index (χ2v) is 4.27. The van der Waals surface area contributed by atoms with Crippen LogP contribution in [0.15, 0.2) is 0 Å². The number of nitrogens with zero attached hydrogens (tertiary/aromatic N) is 1. The zero-order chi connectivity index (χ0) is 8.27. The lowest BCUT2D eigenvalue weighted by molar-refractivity contribution is 0.157. The van der Waals surface area contributed by atoms with Gasteiger partial charge in [0.2, 0.25) is 0 Å². The van der Waals surface area contributed by atoms with Crippen LogP contribution in [0.2, 0.25) is 0 Å². The van der Waals surface area contributed by atoms with E-state index in [1.54, 1.807) is 0 Å². The predicted octanol–water partition coefficient (Wildman–Crippen LogP) is 1.44. The van der Waals surface area contributed by atoms with Crippen molar-refractivity contribution in [2.24, 2.45) is 5.92 Å². The van der Waals surface area contributed by atoms with Gasteiger partial charge in [-0.3, -0.25) is 0 Å². The summed E-state index contributed by atoms with van der Waals surface area (Å²) >= 11 is 8.84. The molecule has 0 spiro atoms. The van der Waals surface area contributed by atoms with Crippen molar-refractivity contribution in [3.05, 3.63) is 0 Å². The standard InChI is InChI=1S/C7H14N2S2/c1-6-3-2-4-9(5-6)8-7(10)11/h6H,2-5H2,1H3,(H2,8,10,11). The number of rotatable bonds is 1. The van der Waals surface area contributed by atoms with Gasteiger partial charge in [0.25, 0.3) is 0 Å². The average Bonchev–Trinajstić information content (AvgIpc) is 1.85. The van der Waals surface area contributed by atoms with Gasteiger partial charge in [0.15, 0.2) is 0 Å². The largest absolute Gasteiger partial charge is 0.304 e. The van der Waals surface area contributed by atoms with Gasteiger partial charge in [0.1, 0.15) is 4.32 Å². The number of hydrogen-bond acceptors (Lipinski definition) is 2. The Balaban J connectivity index is 2.28. The van der Waals surface area contributed by atoms with Crippen molar-refractivity contribution >= 4 is 29.2 Å². The van der Waals surface area contributed by atoms with E-state index in [9.17, 15) is 0 Å². The minimum absolute atomic E-state index is 0.569. The van der Waals surface area contributed by atoms with Gasteiger partial charge in [0.05, 0.1) is 0 Å². The molecule has 0 aromatic rings. The Morgan fingerprint density at radius 3 is 3.00 bits per heavy atom. The second-order valence-electron chi connectivity index (χ2n) is 3.11. The highest BCUT2D eigenvalue weighted by Crippen LogP contribution is 2.13. The number of nitrogens with one attached hydrogen (secondary N) is 1. The molecule has 1 atom stereocenters. The van der Waals surface area contributed by atoms with Gasteiger partial charge in [-0.05, 0) is 18.8 Å². The Morgan fingerprint density at radius 2 is 2.45 bits per heavy atom. The van der Waals surface area contributed by atoms with Gasteiger partial charge >= 0.3 is 0 Å². The maximum atomic E-state index is 4.83. The van der Waals surface area contributed by atoms with Crippen LogP contribution in [-0.2, 0) is 0 Å². The van der Waals surface area contributed by atoms with E-state index in [2.05, 4.69) is 30.0 Å². The van der Waals surface area contributed by atoms with Crippen LogP contribution >= 0.6 is 24.8 Å². The molecule has 1 aliphatic heterocycles. The minimum atomic E-state index is 0.569. The average molecular weight is 190 g/mol. The van der Waals surface area contributed by atoms with E-state index in [1.165, 1.54) is 12.8 Å². The molecule has 0 saturated carbocycles. The van der Waals surface area contributed by atoms with Gasteiger partial charge in [-0.25, -0.2) is 5.01 Å². The summed E-state index contributed by atoms with van der Waals surface area (Å²) in [5, 5.41) is 2.14. The molecule has 0 amide bonds. The van der Waals surface area contributed by atoms with Crippen molar-refractivity contribution in [3.63, 3.8) is 0 Å². The molecule has 0 bridgehead atoms. The quantitative estimate of drug-likeness (QED) is 0.481. The molecular weight excluding hydrogens is 176 g/mol. The predicted molar refractivity (Wildman–Crippen MR) is 54.7 cm³/mol.